The van der Waals surface area contributed by atoms with Crippen molar-refractivity contribution >= 4 is 96.6 Å². The van der Waals surface area contributed by atoms with Gasteiger partial charge in [-0.15, -0.1) is 0 Å². The summed E-state index contributed by atoms with van der Waals surface area (Å²) in [5, 5.41) is 12.9. The average Bonchev–Trinajstić information content (AvgIpc) is 3.79. The molecule has 0 N–H and O–H groups in total. The monoisotopic (exact) mass is 926 g/mol. The molecule has 0 saturated heterocycles. The molecule has 0 unspecified atom stereocenters. The van der Waals surface area contributed by atoms with E-state index in [1.165, 1.54) is 52.3 Å². The van der Waals surface area contributed by atoms with E-state index in [9.17, 15) is 0 Å². The Morgan fingerprint density at radius 2 is 0.943 bits per heavy atom. The van der Waals surface area contributed by atoms with Crippen molar-refractivity contribution < 1.29 is 0 Å². The van der Waals surface area contributed by atoms with E-state index in [0.29, 0.717) is 0 Å². The zero-order valence-electron chi connectivity index (χ0n) is 38.3. The van der Waals surface area contributed by atoms with Crippen molar-refractivity contribution in [1.29, 1.82) is 0 Å². The highest BCUT2D eigenvalue weighted by Gasteiger charge is 2.51. The Kier molecular flexibility index (Phi) is 10.2. The fourth-order valence-electron chi connectivity index (χ4n) is 11.7. The van der Waals surface area contributed by atoms with Gasteiger partial charge in [-0.25, -0.2) is 4.98 Å². The lowest BCUT2D eigenvalue weighted by atomic mass is 10.1. The second-order valence-corrected chi connectivity index (χ2v) is 25.6. The first kappa shape index (κ1) is 41.5. The number of hydrogen-bond donors (Lipinski definition) is 0. The number of benzene rings is 9. The van der Waals surface area contributed by atoms with E-state index in [-0.39, 0.29) is 0 Å². The van der Waals surface area contributed by atoms with Crippen LogP contribution >= 0.6 is 0 Å². The van der Waals surface area contributed by atoms with E-state index in [2.05, 4.69) is 264 Å². The van der Waals surface area contributed by atoms with E-state index in [0.717, 1.165) is 45.2 Å². The topological polar surface area (TPSA) is 34.0 Å². The minimum atomic E-state index is -3.19. The van der Waals surface area contributed by atoms with Gasteiger partial charge < -0.3 is 4.57 Å². The van der Waals surface area contributed by atoms with Gasteiger partial charge in [-0.05, 0) is 90.0 Å². The van der Waals surface area contributed by atoms with Gasteiger partial charge in [-0.3, -0.25) is 9.88 Å². The molecule has 70 heavy (non-hydrogen) atoms. The summed E-state index contributed by atoms with van der Waals surface area (Å²) in [7, 11) is -6.35. The van der Waals surface area contributed by atoms with Crippen molar-refractivity contribution in [3.8, 4) is 16.9 Å². The van der Waals surface area contributed by atoms with Crippen LogP contribution < -0.4 is 46.4 Å². The lowest BCUT2D eigenvalue weighted by molar-refractivity contribution is 1.15. The van der Waals surface area contributed by atoms with Gasteiger partial charge in [-0.1, -0.05) is 218 Å². The minimum absolute atomic E-state index is 0.868. The lowest BCUT2D eigenvalue weighted by Gasteiger charge is -2.46. The first-order valence-corrected chi connectivity index (χ1v) is 28.0. The summed E-state index contributed by atoms with van der Waals surface area (Å²) in [6.45, 7) is 0. The normalized spacial score (nSPS) is 12.9. The molecule has 6 heteroatoms. The van der Waals surface area contributed by atoms with Crippen molar-refractivity contribution in [3.63, 3.8) is 0 Å². The van der Waals surface area contributed by atoms with Crippen molar-refractivity contribution in [2.45, 2.75) is 0 Å². The third-order valence-electron chi connectivity index (χ3n) is 14.5. The zero-order valence-corrected chi connectivity index (χ0v) is 40.3. The second kappa shape index (κ2) is 17.1. The number of aromatic nitrogens is 3. The molecule has 0 saturated carbocycles. The molecular weight excluding hydrogens is 881 g/mol. The van der Waals surface area contributed by atoms with Gasteiger partial charge in [0.2, 0.25) is 0 Å². The predicted molar refractivity (Wildman–Crippen MR) is 297 cm³/mol. The smallest absolute Gasteiger partial charge is 0.184 e. The van der Waals surface area contributed by atoms with Crippen molar-refractivity contribution in [3.05, 3.63) is 279 Å². The molecule has 4 heterocycles. The molecule has 0 bridgehead atoms. The molecule has 4 nitrogen and oxygen atoms in total. The van der Waals surface area contributed by atoms with Crippen molar-refractivity contribution in [2.75, 3.05) is 4.90 Å². The predicted octanol–water partition coefficient (Wildman–Crippen LogP) is 9.78. The van der Waals surface area contributed by atoms with Gasteiger partial charge in [0.1, 0.15) is 5.82 Å². The van der Waals surface area contributed by atoms with Crippen molar-refractivity contribution in [2.24, 2.45) is 0 Å². The summed E-state index contributed by atoms with van der Waals surface area (Å²) in [6, 6.07) is 99.2. The Morgan fingerprint density at radius 3 is 1.59 bits per heavy atom. The number of hydrogen-bond acceptors (Lipinski definition) is 3. The summed E-state index contributed by atoms with van der Waals surface area (Å²) >= 11 is 0. The molecule has 0 aliphatic carbocycles. The third kappa shape index (κ3) is 6.34. The molecule has 330 valence electrons. The van der Waals surface area contributed by atoms with Gasteiger partial charge in [0.15, 0.2) is 16.1 Å². The van der Waals surface area contributed by atoms with Crippen LogP contribution in [0.3, 0.4) is 0 Å². The molecule has 9 aromatic carbocycles. The summed E-state index contributed by atoms with van der Waals surface area (Å²) < 4.78 is 2.50. The molecule has 0 radical (unpaired) electrons. The molecule has 0 spiro atoms. The summed E-state index contributed by atoms with van der Waals surface area (Å²) in [5.74, 6) is 0.868. The molecule has 1 aliphatic heterocycles. The van der Waals surface area contributed by atoms with Crippen LogP contribution in [0.5, 0.6) is 0 Å². The molecule has 0 amide bonds. The van der Waals surface area contributed by atoms with Crippen LogP contribution in [0.25, 0.3) is 38.8 Å². The number of pyridine rings is 2. The Labute approximate surface area is 410 Å². The number of nitrogens with zero attached hydrogens (tertiary/aromatic N) is 4. The summed E-state index contributed by atoms with van der Waals surface area (Å²) in [5.41, 5.74) is 7.79. The maximum Gasteiger partial charge on any atom is 0.184 e. The largest absolute Gasteiger partial charge is 0.307 e. The standard InChI is InChI=1S/C64H46N4Si2/c1-6-24-48(25-7-1)67-58-37-17-16-35-55(58)56-40-42-61-64(63(56)67)68(62-38-19-21-44-66-62)59-46-54(39-41-60(59)70(61,51-30-12-4-13-31-51)52-32-14-5-15-33-52)69(49-26-8-2-9-27-49,50-28-10-3-11-29-50)53-34-22-23-47(45-53)57-36-18-20-43-65-57/h1-46H. The first-order valence-electron chi connectivity index (χ1n) is 24.0. The van der Waals surface area contributed by atoms with Gasteiger partial charge in [0.25, 0.3) is 0 Å². The third-order valence-corrected chi connectivity index (χ3v) is 24.1. The van der Waals surface area contributed by atoms with Crippen LogP contribution in [0.1, 0.15) is 0 Å². The van der Waals surface area contributed by atoms with E-state index >= 15 is 0 Å². The summed E-state index contributed by atoms with van der Waals surface area (Å²) in [6.07, 6.45) is 3.83. The number of anilines is 3. The van der Waals surface area contributed by atoms with Crippen LogP contribution in [-0.2, 0) is 0 Å². The van der Waals surface area contributed by atoms with Crippen LogP contribution in [0, 0.1) is 0 Å². The Balaban J connectivity index is 1.23. The van der Waals surface area contributed by atoms with E-state index in [4.69, 9.17) is 9.97 Å². The van der Waals surface area contributed by atoms with Crippen LogP contribution in [0.2, 0.25) is 0 Å². The number of rotatable bonds is 9. The van der Waals surface area contributed by atoms with Gasteiger partial charge in [0.05, 0.1) is 22.4 Å². The zero-order chi connectivity index (χ0) is 46.5. The van der Waals surface area contributed by atoms with E-state index in [1.54, 1.807) is 0 Å². The number of para-hydroxylation sites is 2. The van der Waals surface area contributed by atoms with Gasteiger partial charge in [0, 0.05) is 40.1 Å². The fourth-order valence-corrected chi connectivity index (χ4v) is 21.5. The summed E-state index contributed by atoms with van der Waals surface area (Å²) in [4.78, 5) is 12.7. The molecule has 12 aromatic rings. The molecular formula is C64H46N4Si2. The van der Waals surface area contributed by atoms with E-state index in [1.807, 2.05) is 24.5 Å². The molecule has 0 fully saturated rings. The molecule has 13 rings (SSSR count). The van der Waals surface area contributed by atoms with E-state index < -0.39 is 16.1 Å². The Hall–Kier alpha value is -8.69. The quantitative estimate of drug-likeness (QED) is 0.107. The second-order valence-electron chi connectivity index (χ2n) is 18.1. The number of fused-ring (bicyclic) bond motifs is 6. The minimum Gasteiger partial charge on any atom is -0.307 e. The Bertz CT molecular complexity index is 3740. The fraction of sp³-hybridized carbons (Fsp3) is 0. The molecule has 3 aromatic heterocycles. The van der Waals surface area contributed by atoms with Crippen LogP contribution in [0.15, 0.2) is 279 Å². The molecule has 1 aliphatic rings. The average molecular weight is 927 g/mol. The first-order chi connectivity index (χ1) is 34.8. The maximum atomic E-state index is 5.30. The van der Waals surface area contributed by atoms with Crippen LogP contribution in [0.4, 0.5) is 17.2 Å². The van der Waals surface area contributed by atoms with Gasteiger partial charge >= 0.3 is 0 Å². The highest BCUT2D eigenvalue weighted by molar-refractivity contribution is 7.22. The Morgan fingerprint density at radius 1 is 0.386 bits per heavy atom. The highest BCUT2D eigenvalue weighted by Crippen LogP contribution is 2.45. The lowest BCUT2D eigenvalue weighted by Crippen LogP contribution is -2.78. The highest BCUT2D eigenvalue weighted by atomic mass is 28.3. The van der Waals surface area contributed by atoms with Crippen molar-refractivity contribution in [1.82, 2.24) is 14.5 Å². The molecule has 0 atom stereocenters. The van der Waals surface area contributed by atoms with Gasteiger partial charge in [-0.2, -0.15) is 0 Å². The van der Waals surface area contributed by atoms with Crippen LogP contribution in [-0.4, -0.2) is 30.7 Å². The SMILES string of the molecule is c1ccc(-n2c3ccccc3c3ccc4c(c32)N(c2ccccn2)c2cc([Si](c3ccccc3)(c3ccccc3)c3cccc(-c5ccccn5)c3)ccc2[Si]4(c2ccccc2)c2ccccc2)cc1. The maximum absolute atomic E-state index is 5.30.